The van der Waals surface area contributed by atoms with Gasteiger partial charge in [-0.25, -0.2) is 4.52 Å². The van der Waals surface area contributed by atoms with Gasteiger partial charge in [-0.2, -0.15) is 5.10 Å². The Kier molecular flexibility index (Phi) is 3.50. The highest BCUT2D eigenvalue weighted by atomic mass is 16.1. The van der Waals surface area contributed by atoms with Crippen molar-refractivity contribution in [2.75, 3.05) is 0 Å². The molecule has 0 atom stereocenters. The lowest BCUT2D eigenvalue weighted by Gasteiger charge is -2.07. The van der Waals surface area contributed by atoms with Crippen molar-refractivity contribution >= 4 is 5.52 Å². The summed E-state index contributed by atoms with van der Waals surface area (Å²) < 4.78 is 3.61. The fourth-order valence-corrected chi connectivity index (χ4v) is 3.01. The molecule has 0 radical (unpaired) electrons. The van der Waals surface area contributed by atoms with Gasteiger partial charge in [0.15, 0.2) is 0 Å². The summed E-state index contributed by atoms with van der Waals surface area (Å²) in [5.41, 5.74) is 5.06. The maximum absolute atomic E-state index is 11.9. The third-order valence-electron chi connectivity index (χ3n) is 4.20. The van der Waals surface area contributed by atoms with Crippen LogP contribution in [-0.2, 0) is 6.54 Å². The van der Waals surface area contributed by atoms with E-state index in [1.54, 1.807) is 10.6 Å². The molecule has 0 N–H and O–H groups in total. The highest BCUT2D eigenvalue weighted by Crippen LogP contribution is 2.34. The molecule has 0 saturated heterocycles. The van der Waals surface area contributed by atoms with Crippen LogP contribution in [0, 0.1) is 0 Å². The second kappa shape index (κ2) is 5.81. The number of benzene rings is 1. The summed E-state index contributed by atoms with van der Waals surface area (Å²) in [5.74, 6) is 0. The van der Waals surface area contributed by atoms with Gasteiger partial charge in [0.05, 0.1) is 5.52 Å². The number of hydrogen-bond donors (Lipinski definition) is 0. The molecule has 4 aromatic rings. The predicted molar refractivity (Wildman–Crippen MR) is 96.0 cm³/mol. The van der Waals surface area contributed by atoms with Gasteiger partial charge in [-0.3, -0.25) is 4.79 Å². The van der Waals surface area contributed by atoms with Crippen molar-refractivity contribution in [2.45, 2.75) is 13.5 Å². The Hall–Kier alpha value is -3.14. The monoisotopic (exact) mass is 315 g/mol. The van der Waals surface area contributed by atoms with E-state index >= 15 is 0 Å². The highest BCUT2D eigenvalue weighted by molar-refractivity contribution is 5.91. The number of aryl methyl sites for hydroxylation is 1. The first-order valence-corrected chi connectivity index (χ1v) is 8.01. The quantitative estimate of drug-likeness (QED) is 0.576. The van der Waals surface area contributed by atoms with Crippen molar-refractivity contribution in [3.05, 3.63) is 83.4 Å². The van der Waals surface area contributed by atoms with Crippen LogP contribution in [0.25, 0.3) is 27.9 Å². The SMILES string of the molecule is CCn1cc(-c2c(-c3ccccc3)nn3ccccc23)ccc1=O. The second-order valence-electron chi connectivity index (χ2n) is 5.66. The molecular weight excluding hydrogens is 298 g/mol. The zero-order chi connectivity index (χ0) is 16.5. The van der Waals surface area contributed by atoms with Crippen molar-refractivity contribution in [3.8, 4) is 22.4 Å². The van der Waals surface area contributed by atoms with E-state index in [1.165, 1.54) is 0 Å². The minimum absolute atomic E-state index is 0.0129. The van der Waals surface area contributed by atoms with Crippen molar-refractivity contribution in [2.24, 2.45) is 0 Å². The van der Waals surface area contributed by atoms with Crippen molar-refractivity contribution in [3.63, 3.8) is 0 Å². The van der Waals surface area contributed by atoms with Gasteiger partial charge in [0, 0.05) is 41.7 Å². The maximum atomic E-state index is 11.9. The molecule has 0 aliphatic heterocycles. The summed E-state index contributed by atoms with van der Waals surface area (Å²) in [5, 5.41) is 4.77. The third-order valence-corrected chi connectivity index (χ3v) is 4.20. The molecule has 0 bridgehead atoms. The van der Waals surface area contributed by atoms with E-state index in [1.807, 2.05) is 60.2 Å². The molecule has 0 aliphatic carbocycles. The van der Waals surface area contributed by atoms with Gasteiger partial charge in [0.25, 0.3) is 5.56 Å². The van der Waals surface area contributed by atoms with Crippen LogP contribution < -0.4 is 5.56 Å². The maximum Gasteiger partial charge on any atom is 0.250 e. The van der Waals surface area contributed by atoms with E-state index in [2.05, 4.69) is 18.2 Å². The van der Waals surface area contributed by atoms with E-state index in [0.717, 1.165) is 27.9 Å². The molecule has 0 fully saturated rings. The summed E-state index contributed by atoms with van der Waals surface area (Å²) >= 11 is 0. The summed E-state index contributed by atoms with van der Waals surface area (Å²) in [7, 11) is 0. The molecule has 0 spiro atoms. The first kappa shape index (κ1) is 14.5. The molecule has 3 heterocycles. The number of pyridine rings is 2. The normalized spacial score (nSPS) is 11.0. The first-order chi connectivity index (χ1) is 11.8. The number of nitrogens with zero attached hydrogens (tertiary/aromatic N) is 3. The summed E-state index contributed by atoms with van der Waals surface area (Å²) in [6.07, 6.45) is 3.86. The zero-order valence-electron chi connectivity index (χ0n) is 13.4. The molecule has 0 saturated carbocycles. The Balaban J connectivity index is 2.05. The topological polar surface area (TPSA) is 39.3 Å². The molecule has 0 unspecified atom stereocenters. The van der Waals surface area contributed by atoms with Crippen molar-refractivity contribution < 1.29 is 0 Å². The van der Waals surface area contributed by atoms with Gasteiger partial charge in [-0.1, -0.05) is 36.4 Å². The van der Waals surface area contributed by atoms with Crippen LogP contribution in [0.2, 0.25) is 0 Å². The molecule has 24 heavy (non-hydrogen) atoms. The Morgan fingerprint density at radius 2 is 1.71 bits per heavy atom. The minimum atomic E-state index is 0.0129. The lowest BCUT2D eigenvalue weighted by atomic mass is 10.0. The average Bonchev–Trinajstić information content (AvgIpc) is 3.02. The Labute approximate surface area is 139 Å². The van der Waals surface area contributed by atoms with E-state index in [9.17, 15) is 4.79 Å². The molecule has 0 aliphatic rings. The Bertz CT molecular complexity index is 1060. The molecule has 4 heteroatoms. The van der Waals surface area contributed by atoms with Gasteiger partial charge in [0.2, 0.25) is 0 Å². The van der Waals surface area contributed by atoms with Gasteiger partial charge >= 0.3 is 0 Å². The van der Waals surface area contributed by atoms with Crippen LogP contribution in [0.5, 0.6) is 0 Å². The number of hydrogen-bond acceptors (Lipinski definition) is 2. The lowest BCUT2D eigenvalue weighted by molar-refractivity contribution is 0.728. The molecule has 3 aromatic heterocycles. The smallest absolute Gasteiger partial charge is 0.250 e. The van der Waals surface area contributed by atoms with Crippen LogP contribution in [0.15, 0.2) is 77.9 Å². The fraction of sp³-hybridized carbons (Fsp3) is 0.100. The largest absolute Gasteiger partial charge is 0.315 e. The first-order valence-electron chi connectivity index (χ1n) is 8.01. The standard InChI is InChI=1S/C20H17N3O/c1-2-22-14-16(11-12-18(22)24)19-17-10-6-7-13-23(17)21-20(19)15-8-4-3-5-9-15/h3-14H,2H2,1H3. The van der Waals surface area contributed by atoms with E-state index < -0.39 is 0 Å². The summed E-state index contributed by atoms with van der Waals surface area (Å²) in [6, 6.07) is 19.7. The number of aromatic nitrogens is 3. The minimum Gasteiger partial charge on any atom is -0.315 e. The summed E-state index contributed by atoms with van der Waals surface area (Å²) in [4.78, 5) is 11.9. The Morgan fingerprint density at radius 3 is 2.50 bits per heavy atom. The molecule has 4 nitrogen and oxygen atoms in total. The third kappa shape index (κ3) is 2.33. The van der Waals surface area contributed by atoms with Crippen LogP contribution in [0.4, 0.5) is 0 Å². The van der Waals surface area contributed by atoms with Crippen molar-refractivity contribution in [1.29, 1.82) is 0 Å². The van der Waals surface area contributed by atoms with Crippen LogP contribution in [-0.4, -0.2) is 14.2 Å². The van der Waals surface area contributed by atoms with Crippen LogP contribution >= 0.6 is 0 Å². The van der Waals surface area contributed by atoms with E-state index in [-0.39, 0.29) is 5.56 Å². The van der Waals surface area contributed by atoms with Gasteiger partial charge < -0.3 is 4.57 Å². The second-order valence-corrected chi connectivity index (χ2v) is 5.66. The molecule has 1 aromatic carbocycles. The average molecular weight is 315 g/mol. The number of fused-ring (bicyclic) bond motifs is 1. The molecule has 0 amide bonds. The predicted octanol–water partition coefficient (Wildman–Crippen LogP) is 3.85. The number of rotatable bonds is 3. The molecule has 4 rings (SSSR count). The molecular formula is C20H17N3O. The Morgan fingerprint density at radius 1 is 0.917 bits per heavy atom. The van der Waals surface area contributed by atoms with Crippen LogP contribution in [0.1, 0.15) is 6.92 Å². The van der Waals surface area contributed by atoms with Gasteiger partial charge in [0.1, 0.15) is 5.69 Å². The van der Waals surface area contributed by atoms with Gasteiger partial charge in [-0.15, -0.1) is 0 Å². The fourth-order valence-electron chi connectivity index (χ4n) is 3.01. The van der Waals surface area contributed by atoms with E-state index in [0.29, 0.717) is 6.54 Å². The lowest BCUT2D eigenvalue weighted by Crippen LogP contribution is -2.17. The van der Waals surface area contributed by atoms with Gasteiger partial charge in [-0.05, 0) is 25.1 Å². The van der Waals surface area contributed by atoms with Crippen molar-refractivity contribution in [1.82, 2.24) is 14.2 Å². The highest BCUT2D eigenvalue weighted by Gasteiger charge is 2.16. The zero-order valence-corrected chi connectivity index (χ0v) is 13.4. The van der Waals surface area contributed by atoms with Crippen LogP contribution in [0.3, 0.4) is 0 Å². The van der Waals surface area contributed by atoms with E-state index in [4.69, 9.17) is 5.10 Å². The molecule has 118 valence electrons. The summed E-state index contributed by atoms with van der Waals surface area (Å²) in [6.45, 7) is 2.62.